The Kier molecular flexibility index (Phi) is 6.88. The van der Waals surface area contributed by atoms with Crippen LogP contribution in [-0.2, 0) is 16.1 Å². The van der Waals surface area contributed by atoms with Gasteiger partial charge >= 0.3 is 5.97 Å². The highest BCUT2D eigenvalue weighted by Gasteiger charge is 2.07. The number of hydrogen-bond acceptors (Lipinski definition) is 4. The van der Waals surface area contributed by atoms with E-state index in [0.717, 1.165) is 11.1 Å². The summed E-state index contributed by atoms with van der Waals surface area (Å²) in [4.78, 5) is 36.7. The number of amides is 2. The fraction of sp³-hybridized carbons (Fsp3) is 0.190. The third kappa shape index (κ3) is 5.81. The van der Waals surface area contributed by atoms with Gasteiger partial charge in [0.25, 0.3) is 5.91 Å². The number of hydrogen-bond donors (Lipinski definition) is 1. The zero-order valence-electron chi connectivity index (χ0n) is 15.6. The van der Waals surface area contributed by atoms with Crippen molar-refractivity contribution >= 4 is 23.9 Å². The SMILES string of the molecule is COC(=O)c1ccc(/C=C/C(=O)NCc2ccc(C(=O)N(C)C)cc2)cc1. The first kappa shape index (κ1) is 19.9. The lowest BCUT2D eigenvalue weighted by Gasteiger charge is -2.10. The van der Waals surface area contributed by atoms with Crippen LogP contribution in [0.25, 0.3) is 6.08 Å². The number of benzene rings is 2. The van der Waals surface area contributed by atoms with E-state index >= 15 is 0 Å². The van der Waals surface area contributed by atoms with Gasteiger partial charge in [-0.3, -0.25) is 9.59 Å². The van der Waals surface area contributed by atoms with Crippen LogP contribution in [0.4, 0.5) is 0 Å². The van der Waals surface area contributed by atoms with Crippen molar-refractivity contribution in [2.75, 3.05) is 21.2 Å². The third-order valence-electron chi connectivity index (χ3n) is 3.83. The minimum Gasteiger partial charge on any atom is -0.465 e. The summed E-state index contributed by atoms with van der Waals surface area (Å²) >= 11 is 0. The van der Waals surface area contributed by atoms with Crippen molar-refractivity contribution in [2.24, 2.45) is 0 Å². The number of rotatable bonds is 6. The highest BCUT2D eigenvalue weighted by Crippen LogP contribution is 2.08. The molecule has 2 rings (SSSR count). The molecule has 2 aromatic carbocycles. The average molecular weight is 366 g/mol. The fourth-order valence-corrected chi connectivity index (χ4v) is 2.29. The van der Waals surface area contributed by atoms with Crippen LogP contribution in [0.5, 0.6) is 0 Å². The number of esters is 1. The molecule has 0 saturated carbocycles. The molecule has 6 heteroatoms. The molecule has 0 spiro atoms. The second-order valence-corrected chi connectivity index (χ2v) is 6.06. The Morgan fingerprint density at radius 3 is 2.11 bits per heavy atom. The maximum absolute atomic E-state index is 11.9. The maximum atomic E-state index is 11.9. The van der Waals surface area contributed by atoms with Crippen molar-refractivity contribution in [1.82, 2.24) is 10.2 Å². The van der Waals surface area contributed by atoms with Crippen molar-refractivity contribution in [3.63, 3.8) is 0 Å². The number of methoxy groups -OCH3 is 1. The summed E-state index contributed by atoms with van der Waals surface area (Å²) in [6.07, 6.45) is 3.09. The second kappa shape index (κ2) is 9.33. The van der Waals surface area contributed by atoms with Crippen LogP contribution in [0, 0.1) is 0 Å². The highest BCUT2D eigenvalue weighted by molar-refractivity contribution is 5.94. The zero-order valence-corrected chi connectivity index (χ0v) is 15.6. The van der Waals surface area contributed by atoms with E-state index < -0.39 is 5.97 Å². The van der Waals surface area contributed by atoms with Gasteiger partial charge in [0.1, 0.15) is 0 Å². The lowest BCUT2D eigenvalue weighted by atomic mass is 10.1. The van der Waals surface area contributed by atoms with Crippen LogP contribution in [0.3, 0.4) is 0 Å². The normalized spacial score (nSPS) is 10.5. The molecule has 0 aliphatic rings. The molecule has 0 saturated heterocycles. The molecule has 0 aromatic heterocycles. The largest absolute Gasteiger partial charge is 0.465 e. The Bertz CT molecular complexity index is 837. The Hall–Kier alpha value is -3.41. The zero-order chi connectivity index (χ0) is 19.8. The van der Waals surface area contributed by atoms with Gasteiger partial charge in [-0.05, 0) is 41.5 Å². The van der Waals surface area contributed by atoms with E-state index in [4.69, 9.17) is 0 Å². The third-order valence-corrected chi connectivity index (χ3v) is 3.83. The maximum Gasteiger partial charge on any atom is 0.337 e. The summed E-state index contributed by atoms with van der Waals surface area (Å²) in [6, 6.07) is 13.8. The van der Waals surface area contributed by atoms with Crippen LogP contribution >= 0.6 is 0 Å². The smallest absolute Gasteiger partial charge is 0.337 e. The molecule has 27 heavy (non-hydrogen) atoms. The van der Waals surface area contributed by atoms with E-state index in [1.807, 2.05) is 12.1 Å². The predicted molar refractivity (Wildman–Crippen MR) is 103 cm³/mol. The molecule has 0 unspecified atom stereocenters. The average Bonchev–Trinajstić information content (AvgIpc) is 2.70. The summed E-state index contributed by atoms with van der Waals surface area (Å²) in [5.41, 5.74) is 2.75. The van der Waals surface area contributed by atoms with Crippen LogP contribution in [0.1, 0.15) is 31.8 Å². The molecule has 0 bridgehead atoms. The minimum atomic E-state index is -0.401. The Morgan fingerprint density at radius 1 is 0.963 bits per heavy atom. The van der Waals surface area contributed by atoms with Gasteiger partial charge in [0, 0.05) is 32.3 Å². The van der Waals surface area contributed by atoms with E-state index in [-0.39, 0.29) is 11.8 Å². The summed E-state index contributed by atoms with van der Waals surface area (Å²) in [5.74, 6) is -0.700. The van der Waals surface area contributed by atoms with Gasteiger partial charge in [-0.25, -0.2) is 4.79 Å². The fourth-order valence-electron chi connectivity index (χ4n) is 2.29. The molecule has 2 aromatic rings. The van der Waals surface area contributed by atoms with Gasteiger partial charge in [0.05, 0.1) is 12.7 Å². The molecular formula is C21H22N2O4. The van der Waals surface area contributed by atoms with E-state index in [9.17, 15) is 14.4 Å². The molecule has 2 amide bonds. The highest BCUT2D eigenvalue weighted by atomic mass is 16.5. The van der Waals surface area contributed by atoms with Crippen molar-refractivity contribution in [1.29, 1.82) is 0 Å². The molecule has 6 nitrogen and oxygen atoms in total. The molecule has 140 valence electrons. The van der Waals surface area contributed by atoms with Crippen LogP contribution in [0.2, 0.25) is 0 Å². The van der Waals surface area contributed by atoms with E-state index in [1.54, 1.807) is 56.6 Å². The molecule has 0 heterocycles. The summed E-state index contributed by atoms with van der Waals surface area (Å²) in [7, 11) is 4.73. The summed E-state index contributed by atoms with van der Waals surface area (Å²) in [6.45, 7) is 0.362. The van der Waals surface area contributed by atoms with Gasteiger partial charge in [0.2, 0.25) is 5.91 Å². The van der Waals surface area contributed by atoms with Crippen LogP contribution in [0.15, 0.2) is 54.6 Å². The van der Waals surface area contributed by atoms with Gasteiger partial charge in [-0.2, -0.15) is 0 Å². The molecule has 0 aliphatic carbocycles. The molecular weight excluding hydrogens is 344 g/mol. The Labute approximate surface area is 158 Å². The number of carbonyl (C=O) groups excluding carboxylic acids is 3. The molecule has 0 fully saturated rings. The second-order valence-electron chi connectivity index (χ2n) is 6.06. The van der Waals surface area contributed by atoms with Crippen molar-refractivity contribution in [2.45, 2.75) is 6.54 Å². The first-order valence-electron chi connectivity index (χ1n) is 8.35. The number of carbonyl (C=O) groups is 3. The van der Waals surface area contributed by atoms with Crippen LogP contribution < -0.4 is 5.32 Å². The lowest BCUT2D eigenvalue weighted by molar-refractivity contribution is -0.116. The first-order chi connectivity index (χ1) is 12.9. The topological polar surface area (TPSA) is 75.7 Å². The molecule has 0 aliphatic heterocycles. The summed E-state index contributed by atoms with van der Waals surface area (Å²) < 4.78 is 4.64. The lowest BCUT2D eigenvalue weighted by Crippen LogP contribution is -2.22. The van der Waals surface area contributed by atoms with Gasteiger partial charge in [-0.15, -0.1) is 0 Å². The van der Waals surface area contributed by atoms with Gasteiger partial charge in [-0.1, -0.05) is 24.3 Å². The van der Waals surface area contributed by atoms with Crippen molar-refractivity contribution in [3.8, 4) is 0 Å². The van der Waals surface area contributed by atoms with Gasteiger partial charge in [0.15, 0.2) is 0 Å². The Morgan fingerprint density at radius 2 is 1.56 bits per heavy atom. The molecule has 1 N–H and O–H groups in total. The predicted octanol–water partition coefficient (Wildman–Crippen LogP) is 2.50. The van der Waals surface area contributed by atoms with E-state index in [2.05, 4.69) is 10.1 Å². The molecule has 0 radical (unpaired) electrons. The van der Waals surface area contributed by atoms with E-state index in [1.165, 1.54) is 18.1 Å². The summed E-state index contributed by atoms with van der Waals surface area (Å²) in [5, 5.41) is 2.78. The number of nitrogens with zero attached hydrogens (tertiary/aromatic N) is 1. The quantitative estimate of drug-likeness (QED) is 0.630. The minimum absolute atomic E-state index is 0.0632. The molecule has 0 atom stereocenters. The number of ether oxygens (including phenoxy) is 1. The monoisotopic (exact) mass is 366 g/mol. The van der Waals surface area contributed by atoms with Gasteiger partial charge < -0.3 is 15.0 Å². The van der Waals surface area contributed by atoms with Crippen molar-refractivity contribution < 1.29 is 19.1 Å². The van der Waals surface area contributed by atoms with E-state index in [0.29, 0.717) is 17.7 Å². The number of nitrogens with one attached hydrogen (secondary N) is 1. The standard InChI is InChI=1S/C21H22N2O4/c1-23(2)20(25)17-9-6-16(7-10-17)14-22-19(24)13-8-15-4-11-18(12-5-15)21(26)27-3/h4-13H,14H2,1-3H3,(H,22,24)/b13-8+. The Balaban J connectivity index is 1.87. The van der Waals surface area contributed by atoms with Crippen LogP contribution in [-0.4, -0.2) is 43.9 Å². The first-order valence-corrected chi connectivity index (χ1v) is 8.35. The van der Waals surface area contributed by atoms with Crippen molar-refractivity contribution in [3.05, 3.63) is 76.9 Å².